The van der Waals surface area contributed by atoms with Gasteiger partial charge in [0, 0.05) is 4.47 Å². The van der Waals surface area contributed by atoms with Crippen LogP contribution in [0.25, 0.3) is 43.8 Å². The van der Waals surface area contributed by atoms with Gasteiger partial charge in [0.15, 0.2) is 0 Å². The lowest BCUT2D eigenvalue weighted by atomic mass is 9.61. The molecular formula is C26H9B8Br. The smallest absolute Gasteiger partial charge is 0.110 e. The van der Waals surface area contributed by atoms with Crippen molar-refractivity contribution in [2.75, 3.05) is 0 Å². The molecule has 0 N–H and O–H groups in total. The molecule has 9 heteroatoms. The molecule has 5 aromatic carbocycles. The van der Waals surface area contributed by atoms with E-state index in [1.165, 1.54) is 0 Å². The van der Waals surface area contributed by atoms with Gasteiger partial charge in [-0.25, -0.2) is 0 Å². The molecule has 5 aromatic rings. The molecule has 144 valence electrons. The Bertz CT molecular complexity index is 1580. The highest BCUT2D eigenvalue weighted by Crippen LogP contribution is 2.38. The quantitative estimate of drug-likeness (QED) is 0.209. The van der Waals surface area contributed by atoms with E-state index in [1.807, 2.05) is 54.6 Å². The number of halogens is 1. The fourth-order valence-corrected chi connectivity index (χ4v) is 5.46. The summed E-state index contributed by atoms with van der Waals surface area (Å²) in [6.45, 7) is 0. The molecule has 0 nitrogen and oxygen atoms in total. The summed E-state index contributed by atoms with van der Waals surface area (Å²) in [5.41, 5.74) is 5.52. The molecule has 0 aromatic heterocycles. The SMILES string of the molecule is [B]c1c([B])c([B])c2c(-c3ccc(-c4ccccc4)cc3)c3c([B])c([B])c([B])c([B])c3c(Br)c2c1[B]. The van der Waals surface area contributed by atoms with E-state index in [2.05, 4.69) is 15.9 Å². The average Bonchev–Trinajstić information content (AvgIpc) is 2.88. The van der Waals surface area contributed by atoms with Crippen LogP contribution in [0.4, 0.5) is 0 Å². The van der Waals surface area contributed by atoms with Crippen LogP contribution in [0.5, 0.6) is 0 Å². The number of fused-ring (bicyclic) bond motifs is 2. The zero-order chi connectivity index (χ0) is 25.2. The Morgan fingerprint density at radius 3 is 1.14 bits per heavy atom. The normalized spacial score (nSPS) is 11.3. The molecule has 0 atom stereocenters. The van der Waals surface area contributed by atoms with E-state index in [0.29, 0.717) is 31.6 Å². The van der Waals surface area contributed by atoms with Crippen LogP contribution in [0.1, 0.15) is 0 Å². The predicted molar refractivity (Wildman–Crippen MR) is 163 cm³/mol. The average molecular weight is 488 g/mol. The van der Waals surface area contributed by atoms with Crippen LogP contribution in [0.3, 0.4) is 0 Å². The van der Waals surface area contributed by atoms with Crippen molar-refractivity contribution in [1.82, 2.24) is 0 Å². The molecule has 0 amide bonds. The zero-order valence-corrected chi connectivity index (χ0v) is 20.3. The summed E-state index contributed by atoms with van der Waals surface area (Å²) in [5, 5.41) is 2.32. The third kappa shape index (κ3) is 3.61. The molecular weight excluding hydrogens is 479 g/mol. The van der Waals surface area contributed by atoms with Crippen LogP contribution in [0, 0.1) is 0 Å². The maximum Gasteiger partial charge on any atom is 0.113 e. The Morgan fingerprint density at radius 1 is 0.371 bits per heavy atom. The summed E-state index contributed by atoms with van der Waals surface area (Å²) in [6.07, 6.45) is 0. The highest BCUT2D eigenvalue weighted by molar-refractivity contribution is 9.10. The first kappa shape index (κ1) is 24.3. The number of benzene rings is 5. The maximum atomic E-state index is 6.55. The molecule has 16 radical (unpaired) electrons. The molecule has 0 aliphatic rings. The predicted octanol–water partition coefficient (Wildman–Crippen LogP) is -1.56. The van der Waals surface area contributed by atoms with Crippen molar-refractivity contribution in [3.8, 4) is 22.3 Å². The molecule has 5 rings (SSSR count). The monoisotopic (exact) mass is 488 g/mol. The fourth-order valence-electron chi connectivity index (χ4n) is 4.63. The number of rotatable bonds is 2. The molecule has 0 fully saturated rings. The van der Waals surface area contributed by atoms with Gasteiger partial charge in [-0.1, -0.05) is 76.4 Å². The van der Waals surface area contributed by atoms with Crippen LogP contribution in [0.2, 0.25) is 0 Å². The van der Waals surface area contributed by atoms with Crippen molar-refractivity contribution in [2.24, 2.45) is 0 Å². The molecule has 0 aliphatic heterocycles. The maximum absolute atomic E-state index is 6.55. The second-order valence-corrected chi connectivity index (χ2v) is 9.23. The van der Waals surface area contributed by atoms with E-state index < -0.39 is 0 Å². The molecule has 0 aliphatic carbocycles. The third-order valence-electron chi connectivity index (χ3n) is 6.54. The van der Waals surface area contributed by atoms with Crippen molar-refractivity contribution < 1.29 is 0 Å². The zero-order valence-electron chi connectivity index (χ0n) is 18.7. The number of hydrogen-bond acceptors (Lipinski definition) is 0. The minimum atomic E-state index is 0.190. The summed E-state index contributed by atoms with van der Waals surface area (Å²) in [7, 11) is 51.0. The minimum absolute atomic E-state index is 0.190. The highest BCUT2D eigenvalue weighted by Gasteiger charge is 2.22. The van der Waals surface area contributed by atoms with E-state index in [-0.39, 0.29) is 43.7 Å². The van der Waals surface area contributed by atoms with Crippen LogP contribution in [-0.4, -0.2) is 62.8 Å². The Labute approximate surface area is 224 Å². The molecule has 0 spiro atoms. The molecule has 0 heterocycles. The summed E-state index contributed by atoms with van der Waals surface area (Å²) < 4.78 is 0.555. The Morgan fingerprint density at radius 2 is 0.714 bits per heavy atom. The lowest BCUT2D eigenvalue weighted by Crippen LogP contribution is -2.49. The Kier molecular flexibility index (Phi) is 6.20. The lowest BCUT2D eigenvalue weighted by Gasteiger charge is -2.26. The lowest BCUT2D eigenvalue weighted by molar-refractivity contribution is 1.62. The van der Waals surface area contributed by atoms with Crippen molar-refractivity contribution in [1.29, 1.82) is 0 Å². The van der Waals surface area contributed by atoms with Gasteiger partial charge in [0.1, 0.15) is 62.8 Å². The van der Waals surface area contributed by atoms with Crippen molar-refractivity contribution >= 4 is 144 Å². The summed E-state index contributed by atoms with van der Waals surface area (Å²) in [6, 6.07) is 18.1. The largest absolute Gasteiger partial charge is 0.113 e. The van der Waals surface area contributed by atoms with Crippen molar-refractivity contribution in [3.63, 3.8) is 0 Å². The topological polar surface area (TPSA) is 0 Å². The van der Waals surface area contributed by atoms with E-state index in [0.717, 1.165) is 16.7 Å². The first-order valence-corrected chi connectivity index (χ1v) is 11.5. The third-order valence-corrected chi connectivity index (χ3v) is 7.33. The standard InChI is InChI=1S/C26H9B8Br/c27-18-14-13(12-8-6-11(7-9-12)10-4-2-1-3-5-10)15-17(21(30)25(34)23(32)19(15)28)26(35)16(14)20(29)24(33)22(18)31/h1-9H. The summed E-state index contributed by atoms with van der Waals surface area (Å²) in [5.74, 6) is 0. The molecule has 0 bridgehead atoms. The van der Waals surface area contributed by atoms with Crippen LogP contribution in [0.15, 0.2) is 59.1 Å². The van der Waals surface area contributed by atoms with Gasteiger partial charge in [0.2, 0.25) is 0 Å². The molecule has 0 saturated carbocycles. The highest BCUT2D eigenvalue weighted by atomic mass is 79.9. The van der Waals surface area contributed by atoms with Crippen molar-refractivity contribution in [2.45, 2.75) is 0 Å². The first-order valence-electron chi connectivity index (χ1n) is 10.7. The minimum Gasteiger partial charge on any atom is -0.110 e. The van der Waals surface area contributed by atoms with Gasteiger partial charge < -0.3 is 0 Å². The fraction of sp³-hybridized carbons (Fsp3) is 0. The van der Waals surface area contributed by atoms with Crippen molar-refractivity contribution in [3.05, 3.63) is 59.1 Å². The Hall–Kier alpha value is -2.38. The summed E-state index contributed by atoms with van der Waals surface area (Å²) >= 11 is 3.65. The Balaban J connectivity index is 2.00. The second kappa shape index (κ2) is 8.93. The van der Waals surface area contributed by atoms with Gasteiger partial charge in [-0.05, 0) is 59.7 Å². The number of hydrogen-bond donors (Lipinski definition) is 0. The van der Waals surface area contributed by atoms with Crippen LogP contribution >= 0.6 is 15.9 Å². The molecule has 0 unspecified atom stereocenters. The second-order valence-electron chi connectivity index (χ2n) is 8.44. The molecule has 35 heavy (non-hydrogen) atoms. The van der Waals surface area contributed by atoms with Gasteiger partial charge in [-0.2, -0.15) is 0 Å². The van der Waals surface area contributed by atoms with Gasteiger partial charge >= 0.3 is 0 Å². The molecule has 0 saturated heterocycles. The van der Waals surface area contributed by atoms with Gasteiger partial charge in [0.05, 0.1) is 0 Å². The van der Waals surface area contributed by atoms with Gasteiger partial charge in [-0.15, -0.1) is 21.9 Å². The van der Waals surface area contributed by atoms with Gasteiger partial charge in [-0.3, -0.25) is 0 Å². The van der Waals surface area contributed by atoms with E-state index in [1.54, 1.807) is 0 Å². The van der Waals surface area contributed by atoms with E-state index in [9.17, 15) is 0 Å². The first-order chi connectivity index (χ1) is 16.6. The van der Waals surface area contributed by atoms with Crippen LogP contribution in [-0.2, 0) is 0 Å². The van der Waals surface area contributed by atoms with Crippen LogP contribution < -0.4 is 43.7 Å². The van der Waals surface area contributed by atoms with E-state index in [4.69, 9.17) is 62.8 Å². The van der Waals surface area contributed by atoms with E-state index >= 15 is 0 Å². The summed E-state index contributed by atoms with van der Waals surface area (Å²) in [4.78, 5) is 0. The van der Waals surface area contributed by atoms with Gasteiger partial charge in [0.25, 0.3) is 0 Å².